The largest absolute Gasteiger partial charge is 0.507 e. The molecule has 2 nitrogen and oxygen atoms in total. The Morgan fingerprint density at radius 1 is 1.43 bits per heavy atom. The zero-order valence-electron chi connectivity index (χ0n) is 8.11. The molecule has 0 atom stereocenters. The van der Waals surface area contributed by atoms with Gasteiger partial charge in [-0.1, -0.05) is 29.8 Å². The topological polar surface area (TPSA) is 46.2 Å². The third-order valence-corrected chi connectivity index (χ3v) is 2.62. The second-order valence-corrected chi connectivity index (χ2v) is 3.76. The van der Waals surface area contributed by atoms with Gasteiger partial charge in [0.05, 0.1) is 0 Å². The number of phenols is 1. The van der Waals surface area contributed by atoms with Crippen LogP contribution in [0.2, 0.25) is 0 Å². The van der Waals surface area contributed by atoms with Gasteiger partial charge in [0, 0.05) is 12.1 Å². The number of hydrogen-bond donors (Lipinski definition) is 2. The van der Waals surface area contributed by atoms with Crippen molar-refractivity contribution in [1.82, 2.24) is 0 Å². The fourth-order valence-electron chi connectivity index (χ4n) is 1.61. The lowest BCUT2D eigenvalue weighted by Crippen LogP contribution is -2.04. The summed E-state index contributed by atoms with van der Waals surface area (Å²) in [5, 5.41) is 9.57. The molecule has 3 N–H and O–H groups in total. The van der Waals surface area contributed by atoms with Crippen molar-refractivity contribution in [2.45, 2.75) is 12.8 Å². The summed E-state index contributed by atoms with van der Waals surface area (Å²) in [5.41, 5.74) is 7.79. The van der Waals surface area contributed by atoms with Crippen molar-refractivity contribution in [3.05, 3.63) is 35.4 Å². The van der Waals surface area contributed by atoms with Crippen LogP contribution in [0.5, 0.6) is 5.75 Å². The average Bonchev–Trinajstić information content (AvgIpc) is 3.00. The summed E-state index contributed by atoms with van der Waals surface area (Å²) < 4.78 is 0. The molecule has 1 aromatic rings. The van der Waals surface area contributed by atoms with Gasteiger partial charge in [-0.15, -0.1) is 0 Å². The lowest BCUT2D eigenvalue weighted by molar-refractivity contribution is 0.474. The third-order valence-electron chi connectivity index (χ3n) is 2.62. The Kier molecular flexibility index (Phi) is 2.55. The van der Waals surface area contributed by atoms with Crippen LogP contribution in [0.3, 0.4) is 0 Å². The molecule has 1 aromatic carbocycles. The average molecular weight is 189 g/mol. The predicted molar refractivity (Wildman–Crippen MR) is 57.9 cm³/mol. The molecule has 0 amide bonds. The van der Waals surface area contributed by atoms with Crippen LogP contribution < -0.4 is 5.73 Å². The molecule has 0 heterocycles. The lowest BCUT2D eigenvalue weighted by Gasteiger charge is -2.03. The van der Waals surface area contributed by atoms with Gasteiger partial charge in [-0.3, -0.25) is 0 Å². The predicted octanol–water partition coefficient (Wildman–Crippen LogP) is 2.14. The van der Waals surface area contributed by atoms with Crippen molar-refractivity contribution in [2.24, 2.45) is 11.7 Å². The standard InChI is InChI=1S/C12H15NO/c13-8-11(9-5-6-9)7-10-3-1-2-4-12(10)14/h1-4,7,9,14H,5-6,8,13H2/b11-7+. The molecule has 1 saturated carbocycles. The van der Waals surface area contributed by atoms with Gasteiger partial charge in [0.15, 0.2) is 0 Å². The van der Waals surface area contributed by atoms with Gasteiger partial charge in [-0.2, -0.15) is 0 Å². The summed E-state index contributed by atoms with van der Waals surface area (Å²) in [5.74, 6) is 0.999. The molecule has 2 rings (SSSR count). The molecule has 14 heavy (non-hydrogen) atoms. The highest BCUT2D eigenvalue weighted by atomic mass is 16.3. The summed E-state index contributed by atoms with van der Waals surface area (Å²) >= 11 is 0. The molecule has 0 bridgehead atoms. The quantitative estimate of drug-likeness (QED) is 0.765. The van der Waals surface area contributed by atoms with E-state index < -0.39 is 0 Å². The fraction of sp³-hybridized carbons (Fsp3) is 0.333. The lowest BCUT2D eigenvalue weighted by atomic mass is 10.1. The Hall–Kier alpha value is -1.28. The van der Waals surface area contributed by atoms with Crippen LogP contribution in [-0.4, -0.2) is 11.7 Å². The van der Waals surface area contributed by atoms with Crippen molar-refractivity contribution < 1.29 is 5.11 Å². The van der Waals surface area contributed by atoms with Crippen molar-refractivity contribution in [3.63, 3.8) is 0 Å². The van der Waals surface area contributed by atoms with E-state index in [1.54, 1.807) is 6.07 Å². The van der Waals surface area contributed by atoms with Gasteiger partial charge in [-0.25, -0.2) is 0 Å². The summed E-state index contributed by atoms with van der Waals surface area (Å²) in [6, 6.07) is 7.36. The normalized spacial score (nSPS) is 17.1. The van der Waals surface area contributed by atoms with Crippen LogP contribution in [-0.2, 0) is 0 Å². The monoisotopic (exact) mass is 189 g/mol. The van der Waals surface area contributed by atoms with Gasteiger partial charge in [0.1, 0.15) is 5.75 Å². The highest BCUT2D eigenvalue weighted by molar-refractivity contribution is 5.60. The van der Waals surface area contributed by atoms with Crippen LogP contribution in [0, 0.1) is 5.92 Å². The molecular weight excluding hydrogens is 174 g/mol. The van der Waals surface area contributed by atoms with E-state index in [1.165, 1.54) is 18.4 Å². The molecule has 0 unspecified atom stereocenters. The van der Waals surface area contributed by atoms with Gasteiger partial charge in [0.25, 0.3) is 0 Å². The van der Waals surface area contributed by atoms with Gasteiger partial charge < -0.3 is 10.8 Å². The number of phenolic OH excluding ortho intramolecular Hbond substituents is 1. The Labute approximate surface area is 84.1 Å². The maximum atomic E-state index is 9.57. The maximum Gasteiger partial charge on any atom is 0.122 e. The Balaban J connectivity index is 2.26. The molecule has 74 valence electrons. The Bertz CT molecular complexity index is 353. The van der Waals surface area contributed by atoms with Crippen LogP contribution in [0.1, 0.15) is 18.4 Å². The molecular formula is C12H15NO. The van der Waals surface area contributed by atoms with E-state index in [0.717, 1.165) is 5.56 Å². The minimum atomic E-state index is 0.332. The molecule has 2 heteroatoms. The molecule has 0 aliphatic heterocycles. The van der Waals surface area contributed by atoms with E-state index in [1.807, 2.05) is 24.3 Å². The van der Waals surface area contributed by atoms with Crippen molar-refractivity contribution >= 4 is 6.08 Å². The first-order valence-corrected chi connectivity index (χ1v) is 5.00. The second kappa shape index (κ2) is 3.84. The summed E-state index contributed by atoms with van der Waals surface area (Å²) in [6.45, 7) is 0.596. The van der Waals surface area contributed by atoms with Gasteiger partial charge in [-0.05, 0) is 24.8 Å². The van der Waals surface area contributed by atoms with Gasteiger partial charge >= 0.3 is 0 Å². The van der Waals surface area contributed by atoms with Crippen LogP contribution in [0.15, 0.2) is 29.8 Å². The number of aromatic hydroxyl groups is 1. The first kappa shape index (κ1) is 9.28. The molecule has 0 aromatic heterocycles. The van der Waals surface area contributed by atoms with Crippen LogP contribution >= 0.6 is 0 Å². The van der Waals surface area contributed by atoms with Crippen molar-refractivity contribution in [1.29, 1.82) is 0 Å². The van der Waals surface area contributed by atoms with Crippen LogP contribution in [0.4, 0.5) is 0 Å². The van der Waals surface area contributed by atoms with Gasteiger partial charge in [0.2, 0.25) is 0 Å². The zero-order valence-corrected chi connectivity index (χ0v) is 8.11. The van der Waals surface area contributed by atoms with E-state index in [-0.39, 0.29) is 0 Å². The number of benzene rings is 1. The van der Waals surface area contributed by atoms with Crippen molar-refractivity contribution in [3.8, 4) is 5.75 Å². The maximum absolute atomic E-state index is 9.57. The molecule has 0 spiro atoms. The Morgan fingerprint density at radius 3 is 2.71 bits per heavy atom. The first-order valence-electron chi connectivity index (χ1n) is 5.00. The molecule has 1 fully saturated rings. The van der Waals surface area contributed by atoms with Crippen LogP contribution in [0.25, 0.3) is 6.08 Å². The second-order valence-electron chi connectivity index (χ2n) is 3.76. The molecule has 1 aliphatic rings. The highest BCUT2D eigenvalue weighted by Crippen LogP contribution is 2.37. The number of nitrogens with two attached hydrogens (primary N) is 1. The van der Waals surface area contributed by atoms with E-state index in [9.17, 15) is 5.11 Å². The fourth-order valence-corrected chi connectivity index (χ4v) is 1.61. The summed E-state index contributed by atoms with van der Waals surface area (Å²) in [7, 11) is 0. The van der Waals surface area contributed by atoms with Crippen molar-refractivity contribution in [2.75, 3.05) is 6.54 Å². The third kappa shape index (κ3) is 1.96. The number of rotatable bonds is 3. The number of para-hydroxylation sites is 1. The highest BCUT2D eigenvalue weighted by Gasteiger charge is 2.24. The van der Waals surface area contributed by atoms with E-state index in [0.29, 0.717) is 18.2 Å². The van der Waals surface area contributed by atoms with E-state index >= 15 is 0 Å². The van der Waals surface area contributed by atoms with E-state index in [2.05, 4.69) is 0 Å². The Morgan fingerprint density at radius 2 is 2.14 bits per heavy atom. The molecule has 1 aliphatic carbocycles. The number of hydrogen-bond acceptors (Lipinski definition) is 2. The summed E-state index contributed by atoms with van der Waals surface area (Å²) in [6.07, 6.45) is 4.51. The zero-order chi connectivity index (χ0) is 9.97. The minimum Gasteiger partial charge on any atom is -0.507 e. The molecule has 0 saturated heterocycles. The smallest absolute Gasteiger partial charge is 0.122 e. The SMILES string of the molecule is NC/C(=C\c1ccccc1O)C1CC1. The van der Waals surface area contributed by atoms with E-state index in [4.69, 9.17) is 5.73 Å². The first-order chi connectivity index (χ1) is 6.81. The minimum absolute atomic E-state index is 0.332. The molecule has 0 radical (unpaired) electrons. The summed E-state index contributed by atoms with van der Waals surface area (Å²) in [4.78, 5) is 0.